The molecule has 2 nitrogen and oxygen atoms in total. The van der Waals surface area contributed by atoms with Crippen molar-refractivity contribution in [2.24, 2.45) is 11.8 Å². The lowest BCUT2D eigenvalue weighted by Crippen LogP contribution is -2.46. The zero-order chi connectivity index (χ0) is 13.1. The van der Waals surface area contributed by atoms with Gasteiger partial charge in [-0.1, -0.05) is 6.92 Å². The predicted octanol–water partition coefficient (Wildman–Crippen LogP) is 3.23. The zero-order valence-corrected chi connectivity index (χ0v) is 12.9. The Balaban J connectivity index is 1.74. The van der Waals surface area contributed by atoms with Crippen LogP contribution in [0.3, 0.4) is 0 Å². The normalized spacial score (nSPS) is 33.2. The number of nitrogens with zero attached hydrogens (tertiary/aromatic N) is 2. The summed E-state index contributed by atoms with van der Waals surface area (Å²) in [6.45, 7) is 14.8. The van der Waals surface area contributed by atoms with Crippen LogP contribution in [0.5, 0.6) is 0 Å². The maximum Gasteiger partial charge on any atom is 0.00695 e. The highest BCUT2D eigenvalue weighted by Crippen LogP contribution is 2.26. The van der Waals surface area contributed by atoms with Gasteiger partial charge in [-0.25, -0.2) is 0 Å². The lowest BCUT2D eigenvalue weighted by atomic mass is 9.90. The molecule has 2 aliphatic heterocycles. The lowest BCUT2D eigenvalue weighted by Gasteiger charge is -2.41. The van der Waals surface area contributed by atoms with Gasteiger partial charge in [0.25, 0.3) is 0 Å². The fourth-order valence-corrected chi connectivity index (χ4v) is 3.71. The number of piperidine rings is 2. The highest BCUT2D eigenvalue weighted by Gasteiger charge is 2.27. The summed E-state index contributed by atoms with van der Waals surface area (Å²) in [6, 6.07) is 1.55. The van der Waals surface area contributed by atoms with Crippen molar-refractivity contribution >= 4 is 0 Å². The van der Waals surface area contributed by atoms with E-state index >= 15 is 0 Å². The molecule has 0 spiro atoms. The van der Waals surface area contributed by atoms with Gasteiger partial charge in [-0.3, -0.25) is 0 Å². The molecule has 0 aromatic carbocycles. The van der Waals surface area contributed by atoms with Gasteiger partial charge in [-0.2, -0.15) is 0 Å². The molecule has 0 bridgehead atoms. The van der Waals surface area contributed by atoms with Crippen molar-refractivity contribution in [2.45, 2.75) is 65.5 Å². The van der Waals surface area contributed by atoms with Gasteiger partial charge in [0, 0.05) is 18.6 Å². The molecule has 2 atom stereocenters. The molecule has 0 N–H and O–H groups in total. The van der Waals surface area contributed by atoms with Gasteiger partial charge in [0.1, 0.15) is 0 Å². The molecule has 2 heterocycles. The fraction of sp³-hybridized carbons (Fsp3) is 1.00. The largest absolute Gasteiger partial charge is 0.301 e. The second-order valence-corrected chi connectivity index (χ2v) is 7.05. The highest BCUT2D eigenvalue weighted by atomic mass is 15.2. The first-order valence-corrected chi connectivity index (χ1v) is 8.04. The van der Waals surface area contributed by atoms with Gasteiger partial charge in [-0.05, 0) is 77.9 Å². The summed E-state index contributed by atoms with van der Waals surface area (Å²) in [4.78, 5) is 5.40. The van der Waals surface area contributed by atoms with Gasteiger partial charge in [0.15, 0.2) is 0 Å². The van der Waals surface area contributed by atoms with E-state index in [0.717, 1.165) is 23.9 Å². The molecular weight excluding hydrogens is 220 g/mol. The molecule has 2 heteroatoms. The summed E-state index contributed by atoms with van der Waals surface area (Å²) in [6.07, 6.45) is 5.65. The minimum atomic E-state index is 0.737. The van der Waals surface area contributed by atoms with Crippen LogP contribution in [0, 0.1) is 11.8 Å². The molecular formula is C16H32N2. The Morgan fingerprint density at radius 1 is 1.00 bits per heavy atom. The van der Waals surface area contributed by atoms with E-state index in [-0.39, 0.29) is 0 Å². The SMILES string of the molecule is CC1CCN(CC2CCN(C(C)C)CC2)C(C)C1. The number of hydrogen-bond donors (Lipinski definition) is 0. The first-order valence-electron chi connectivity index (χ1n) is 8.04. The summed E-state index contributed by atoms with van der Waals surface area (Å²) in [7, 11) is 0. The first kappa shape index (κ1) is 14.3. The van der Waals surface area contributed by atoms with Gasteiger partial charge < -0.3 is 9.80 Å². The number of rotatable bonds is 3. The fourth-order valence-electron chi connectivity index (χ4n) is 3.71. The third-order valence-corrected chi connectivity index (χ3v) is 5.15. The maximum atomic E-state index is 2.76. The van der Waals surface area contributed by atoms with E-state index < -0.39 is 0 Å². The first-order chi connectivity index (χ1) is 8.56. The Kier molecular flexibility index (Phi) is 5.08. The molecule has 18 heavy (non-hydrogen) atoms. The minimum Gasteiger partial charge on any atom is -0.301 e. The average molecular weight is 252 g/mol. The van der Waals surface area contributed by atoms with E-state index in [1.165, 1.54) is 51.9 Å². The zero-order valence-electron chi connectivity index (χ0n) is 12.9. The van der Waals surface area contributed by atoms with Crippen LogP contribution in [0.4, 0.5) is 0 Å². The Labute approximate surface area is 114 Å². The topological polar surface area (TPSA) is 6.48 Å². The summed E-state index contributed by atoms with van der Waals surface area (Å²) in [5, 5.41) is 0. The third kappa shape index (κ3) is 3.71. The molecule has 0 amide bonds. The highest BCUT2D eigenvalue weighted by molar-refractivity contribution is 4.82. The van der Waals surface area contributed by atoms with E-state index in [9.17, 15) is 0 Å². The van der Waals surface area contributed by atoms with Gasteiger partial charge >= 0.3 is 0 Å². The molecule has 0 aromatic heterocycles. The van der Waals surface area contributed by atoms with Crippen LogP contribution in [0.15, 0.2) is 0 Å². The average Bonchev–Trinajstić information content (AvgIpc) is 2.33. The molecule has 0 aromatic rings. The minimum absolute atomic E-state index is 0.737. The second kappa shape index (κ2) is 6.38. The maximum absolute atomic E-state index is 2.76. The van der Waals surface area contributed by atoms with E-state index in [4.69, 9.17) is 0 Å². The Bertz CT molecular complexity index is 243. The van der Waals surface area contributed by atoms with Crippen molar-refractivity contribution in [3.8, 4) is 0 Å². The summed E-state index contributed by atoms with van der Waals surface area (Å²) >= 11 is 0. The Hall–Kier alpha value is -0.0800. The second-order valence-electron chi connectivity index (χ2n) is 7.05. The number of likely N-dealkylation sites (tertiary alicyclic amines) is 2. The van der Waals surface area contributed by atoms with E-state index in [1.54, 1.807) is 0 Å². The van der Waals surface area contributed by atoms with Crippen molar-refractivity contribution in [2.75, 3.05) is 26.2 Å². The van der Waals surface area contributed by atoms with Crippen molar-refractivity contribution in [1.29, 1.82) is 0 Å². The van der Waals surface area contributed by atoms with Gasteiger partial charge in [-0.15, -0.1) is 0 Å². The molecule has 0 radical (unpaired) electrons. The van der Waals surface area contributed by atoms with Crippen molar-refractivity contribution < 1.29 is 0 Å². The molecule has 2 fully saturated rings. The lowest BCUT2D eigenvalue weighted by molar-refractivity contribution is 0.0774. The monoisotopic (exact) mass is 252 g/mol. The smallest absolute Gasteiger partial charge is 0.00695 e. The quantitative estimate of drug-likeness (QED) is 0.761. The van der Waals surface area contributed by atoms with Crippen LogP contribution in [-0.2, 0) is 0 Å². The Morgan fingerprint density at radius 2 is 1.67 bits per heavy atom. The van der Waals surface area contributed by atoms with Crippen LogP contribution < -0.4 is 0 Å². The van der Waals surface area contributed by atoms with Crippen molar-refractivity contribution in [1.82, 2.24) is 9.80 Å². The number of hydrogen-bond acceptors (Lipinski definition) is 2. The molecule has 2 rings (SSSR count). The van der Waals surface area contributed by atoms with Crippen LogP contribution in [0.1, 0.15) is 53.4 Å². The Morgan fingerprint density at radius 3 is 2.22 bits per heavy atom. The molecule has 2 saturated heterocycles. The van der Waals surface area contributed by atoms with Gasteiger partial charge in [0.2, 0.25) is 0 Å². The molecule has 2 aliphatic rings. The van der Waals surface area contributed by atoms with Crippen molar-refractivity contribution in [3.63, 3.8) is 0 Å². The molecule has 0 aliphatic carbocycles. The van der Waals surface area contributed by atoms with Crippen LogP contribution in [0.2, 0.25) is 0 Å². The van der Waals surface area contributed by atoms with E-state index in [0.29, 0.717) is 0 Å². The summed E-state index contributed by atoms with van der Waals surface area (Å²) in [5.41, 5.74) is 0. The summed E-state index contributed by atoms with van der Waals surface area (Å²) in [5.74, 6) is 1.90. The van der Waals surface area contributed by atoms with Crippen molar-refractivity contribution in [3.05, 3.63) is 0 Å². The van der Waals surface area contributed by atoms with Crippen LogP contribution in [-0.4, -0.2) is 48.1 Å². The molecule has 0 saturated carbocycles. The standard InChI is InChI=1S/C16H32N2/c1-13(2)17-9-6-16(7-10-17)12-18-8-5-14(3)11-15(18)4/h13-16H,5-12H2,1-4H3. The summed E-state index contributed by atoms with van der Waals surface area (Å²) < 4.78 is 0. The van der Waals surface area contributed by atoms with E-state index in [2.05, 4.69) is 37.5 Å². The third-order valence-electron chi connectivity index (χ3n) is 5.15. The van der Waals surface area contributed by atoms with Crippen LogP contribution in [0.25, 0.3) is 0 Å². The predicted molar refractivity (Wildman–Crippen MR) is 78.9 cm³/mol. The molecule has 2 unspecified atom stereocenters. The molecule has 106 valence electrons. The van der Waals surface area contributed by atoms with Crippen LogP contribution >= 0.6 is 0 Å². The van der Waals surface area contributed by atoms with Gasteiger partial charge in [0.05, 0.1) is 0 Å². The van der Waals surface area contributed by atoms with E-state index in [1.807, 2.05) is 0 Å².